The van der Waals surface area contributed by atoms with Crippen molar-refractivity contribution in [2.75, 3.05) is 7.11 Å². The molecule has 272 valence electrons. The van der Waals surface area contributed by atoms with Gasteiger partial charge < -0.3 is 48.8 Å². The van der Waals surface area contributed by atoms with Crippen molar-refractivity contribution < 1.29 is 58.4 Å². The summed E-state index contributed by atoms with van der Waals surface area (Å²) in [5.41, 5.74) is -0.752. The van der Waals surface area contributed by atoms with Gasteiger partial charge in [0.1, 0.15) is 6.10 Å². The molecule has 12 heteroatoms. The normalized spacial score (nSPS) is 42.2. The molecule has 11 atom stereocenters. The zero-order valence-corrected chi connectivity index (χ0v) is 29.5. The molecular weight excluding hydrogens is 624 g/mol. The van der Waals surface area contributed by atoms with Crippen LogP contribution in [-0.4, -0.2) is 106 Å². The minimum Gasteiger partial charge on any atom is -0.459 e. The number of hydrogen-bond acceptors (Lipinski definition) is 12. The molecule has 0 saturated carbocycles. The maximum atomic E-state index is 13.1. The van der Waals surface area contributed by atoms with E-state index in [0.29, 0.717) is 24.8 Å². The van der Waals surface area contributed by atoms with E-state index in [1.165, 1.54) is 13.8 Å². The van der Waals surface area contributed by atoms with Crippen LogP contribution in [0.5, 0.6) is 0 Å². The fourth-order valence-corrected chi connectivity index (χ4v) is 7.53. The Bertz CT molecular complexity index is 1240. The van der Waals surface area contributed by atoms with E-state index in [0.717, 1.165) is 5.57 Å². The van der Waals surface area contributed by atoms with E-state index in [2.05, 4.69) is 13.2 Å². The topological polar surface area (TPSA) is 170 Å². The Labute approximate surface area is 284 Å². The number of carbonyl (C=O) groups is 2. The van der Waals surface area contributed by atoms with Crippen molar-refractivity contribution in [3.63, 3.8) is 0 Å². The van der Waals surface area contributed by atoms with Crippen LogP contribution in [-0.2, 0) is 38.0 Å². The molecule has 4 N–H and O–H groups in total. The standard InChI is InChI=1S/C36H56O12/c1-20-12-25-10-11-33(5,6)36(42)32(44-23(4)38)21(2)14-26(48-36)17-29(22(3)37)46-31(40)16-24(39)15-27-18-30(43-9)34(7,8)35(41,47-27)19-28(13-20)45-25/h10-11,22,24-30,32,37,39,41-42H,1-2,12-19H2,3-9H3/b11-10+. The van der Waals surface area contributed by atoms with Gasteiger partial charge in [-0.3, -0.25) is 9.59 Å². The maximum absolute atomic E-state index is 13.1. The highest BCUT2D eigenvalue weighted by molar-refractivity contribution is 5.70. The third-order valence-corrected chi connectivity index (χ3v) is 10.6. The molecule has 4 aliphatic rings. The summed E-state index contributed by atoms with van der Waals surface area (Å²) in [5, 5.41) is 46.0. The van der Waals surface area contributed by atoms with E-state index in [4.69, 9.17) is 28.4 Å². The predicted molar refractivity (Wildman–Crippen MR) is 174 cm³/mol. The fourth-order valence-electron chi connectivity index (χ4n) is 7.53. The number of fused-ring (bicyclic) bond motifs is 6. The molecule has 3 fully saturated rings. The highest BCUT2D eigenvalue weighted by Crippen LogP contribution is 2.49. The van der Waals surface area contributed by atoms with Gasteiger partial charge >= 0.3 is 11.9 Å². The van der Waals surface area contributed by atoms with Gasteiger partial charge in [0.15, 0.2) is 11.9 Å². The lowest BCUT2D eigenvalue weighted by atomic mass is 9.70. The molecule has 48 heavy (non-hydrogen) atoms. The molecule has 0 aromatic carbocycles. The number of ether oxygens (including phenoxy) is 6. The SMILES string of the molecule is C=C1CC2/C=C/C(C)(C)C3(O)OC(CC(=C)C3OC(C)=O)CC(C(C)O)OC(=O)CC(O)CC3CC(OC)C(C)(C)C(O)(CC(C1)O2)O3. The summed E-state index contributed by atoms with van der Waals surface area (Å²) in [6.07, 6.45) is -2.54. The van der Waals surface area contributed by atoms with Crippen LogP contribution >= 0.6 is 0 Å². The Morgan fingerprint density at radius 1 is 1.00 bits per heavy atom. The third kappa shape index (κ3) is 8.24. The number of esters is 2. The van der Waals surface area contributed by atoms with Crippen molar-refractivity contribution in [3.8, 4) is 0 Å². The summed E-state index contributed by atoms with van der Waals surface area (Å²) in [7, 11) is 1.57. The number of cyclic esters (lactones) is 1. The van der Waals surface area contributed by atoms with Crippen molar-refractivity contribution in [3.05, 3.63) is 36.5 Å². The molecule has 4 heterocycles. The second-order valence-corrected chi connectivity index (χ2v) is 15.3. The van der Waals surface area contributed by atoms with Gasteiger partial charge in [-0.25, -0.2) is 0 Å². The Morgan fingerprint density at radius 3 is 2.31 bits per heavy atom. The number of hydrogen-bond donors (Lipinski definition) is 4. The third-order valence-electron chi connectivity index (χ3n) is 10.6. The predicted octanol–water partition coefficient (Wildman–Crippen LogP) is 3.38. The van der Waals surface area contributed by atoms with Gasteiger partial charge in [0.2, 0.25) is 5.79 Å². The molecule has 0 amide bonds. The maximum Gasteiger partial charge on any atom is 0.308 e. The van der Waals surface area contributed by atoms with Crippen molar-refractivity contribution in [1.29, 1.82) is 0 Å². The lowest BCUT2D eigenvalue weighted by Crippen LogP contribution is -2.62. The van der Waals surface area contributed by atoms with Gasteiger partial charge in [0.05, 0.1) is 49.1 Å². The minimum atomic E-state index is -2.11. The molecule has 0 radical (unpaired) electrons. The molecule has 6 bridgehead atoms. The smallest absolute Gasteiger partial charge is 0.308 e. The van der Waals surface area contributed by atoms with Gasteiger partial charge in [-0.15, -0.1) is 0 Å². The quantitative estimate of drug-likeness (QED) is 0.254. The van der Waals surface area contributed by atoms with Gasteiger partial charge in [0.25, 0.3) is 0 Å². The summed E-state index contributed by atoms with van der Waals surface area (Å²) in [4.78, 5) is 25.2. The Balaban J connectivity index is 1.75. The number of methoxy groups -OCH3 is 1. The van der Waals surface area contributed by atoms with Gasteiger partial charge in [-0.2, -0.15) is 0 Å². The zero-order chi connectivity index (χ0) is 35.8. The largest absolute Gasteiger partial charge is 0.459 e. The Kier molecular flexibility index (Phi) is 11.7. The second-order valence-electron chi connectivity index (χ2n) is 15.3. The molecule has 0 aromatic rings. The van der Waals surface area contributed by atoms with Crippen LogP contribution in [0.25, 0.3) is 0 Å². The Hall–Kier alpha value is -2.16. The molecule has 4 aliphatic heterocycles. The number of rotatable bonds is 3. The highest BCUT2D eigenvalue weighted by atomic mass is 16.7. The van der Waals surface area contributed by atoms with E-state index < -0.39 is 89.3 Å². The Morgan fingerprint density at radius 2 is 1.69 bits per heavy atom. The number of aliphatic hydroxyl groups is 4. The molecular formula is C36H56O12. The molecule has 11 unspecified atom stereocenters. The average Bonchev–Trinajstić information content (AvgIpc) is 2.94. The summed E-state index contributed by atoms with van der Waals surface area (Å²) >= 11 is 0. The molecule has 0 aliphatic carbocycles. The van der Waals surface area contributed by atoms with Crippen molar-refractivity contribution in [2.24, 2.45) is 10.8 Å². The van der Waals surface area contributed by atoms with E-state index in [1.54, 1.807) is 27.0 Å². The zero-order valence-electron chi connectivity index (χ0n) is 29.5. The molecule has 0 spiro atoms. The van der Waals surface area contributed by atoms with E-state index in [1.807, 2.05) is 19.9 Å². The summed E-state index contributed by atoms with van der Waals surface area (Å²) in [6, 6.07) is 0. The molecule has 3 saturated heterocycles. The fraction of sp³-hybridized carbons (Fsp3) is 0.778. The summed E-state index contributed by atoms with van der Waals surface area (Å²) < 4.78 is 36.2. The lowest BCUT2D eigenvalue weighted by Gasteiger charge is -2.54. The highest BCUT2D eigenvalue weighted by Gasteiger charge is 2.58. The van der Waals surface area contributed by atoms with Crippen molar-refractivity contribution in [2.45, 2.75) is 159 Å². The van der Waals surface area contributed by atoms with Gasteiger partial charge in [-0.05, 0) is 31.8 Å². The van der Waals surface area contributed by atoms with Crippen molar-refractivity contribution in [1.82, 2.24) is 0 Å². The number of aliphatic hydroxyl groups excluding tert-OH is 2. The summed E-state index contributed by atoms with van der Waals surface area (Å²) in [5.74, 6) is -5.20. The summed E-state index contributed by atoms with van der Waals surface area (Å²) in [6.45, 7) is 18.2. The minimum absolute atomic E-state index is 0.00989. The van der Waals surface area contributed by atoms with E-state index in [-0.39, 0.29) is 32.1 Å². The van der Waals surface area contributed by atoms with Crippen LogP contribution in [0.1, 0.15) is 92.9 Å². The first kappa shape index (κ1) is 38.6. The second kappa shape index (κ2) is 14.6. The first-order chi connectivity index (χ1) is 22.2. The van der Waals surface area contributed by atoms with Crippen LogP contribution < -0.4 is 0 Å². The van der Waals surface area contributed by atoms with Gasteiger partial charge in [0, 0.05) is 50.5 Å². The van der Waals surface area contributed by atoms with Crippen LogP contribution in [0.15, 0.2) is 36.5 Å². The molecule has 4 rings (SSSR count). The van der Waals surface area contributed by atoms with E-state index in [9.17, 15) is 30.0 Å². The number of carbonyl (C=O) groups excluding carboxylic acids is 2. The first-order valence-electron chi connectivity index (χ1n) is 16.9. The van der Waals surface area contributed by atoms with Crippen LogP contribution in [0.4, 0.5) is 0 Å². The van der Waals surface area contributed by atoms with Gasteiger partial charge in [-0.1, -0.05) is 58.6 Å². The lowest BCUT2D eigenvalue weighted by molar-refractivity contribution is -0.350. The average molecular weight is 681 g/mol. The van der Waals surface area contributed by atoms with Crippen molar-refractivity contribution >= 4 is 11.9 Å². The molecule has 0 aromatic heterocycles. The van der Waals surface area contributed by atoms with Crippen LogP contribution in [0.2, 0.25) is 0 Å². The van der Waals surface area contributed by atoms with Crippen LogP contribution in [0, 0.1) is 10.8 Å². The van der Waals surface area contributed by atoms with E-state index >= 15 is 0 Å². The van der Waals surface area contributed by atoms with Crippen LogP contribution in [0.3, 0.4) is 0 Å². The monoisotopic (exact) mass is 680 g/mol. The first-order valence-corrected chi connectivity index (χ1v) is 16.9. The molecule has 12 nitrogen and oxygen atoms in total.